The Bertz CT molecular complexity index is 2830. The number of ether oxygens (including phenoxy) is 4. The van der Waals surface area contributed by atoms with E-state index in [1.165, 1.54) is 87.4 Å². The number of nitrogens with zero attached hydrogens (tertiary/aromatic N) is 5. The number of hydrogen-bond acceptors (Lipinski definition) is 11. The van der Waals surface area contributed by atoms with Crippen molar-refractivity contribution in [3.05, 3.63) is 119 Å². The van der Waals surface area contributed by atoms with E-state index in [9.17, 15) is 12.8 Å². The summed E-state index contributed by atoms with van der Waals surface area (Å²) in [6.07, 6.45) is 23.2. The van der Waals surface area contributed by atoms with Crippen LogP contribution in [-0.2, 0) is 19.6 Å². The van der Waals surface area contributed by atoms with E-state index >= 15 is 0 Å². The molecule has 0 spiro atoms. The second-order valence-corrected chi connectivity index (χ2v) is 26.7. The number of fused-ring (bicyclic) bond motifs is 2. The number of likely N-dealkylation sites (tertiary alicyclic amines) is 3. The van der Waals surface area contributed by atoms with Gasteiger partial charge in [-0.25, -0.2) is 12.8 Å². The van der Waals surface area contributed by atoms with Crippen LogP contribution in [0.4, 0.5) is 4.39 Å². The van der Waals surface area contributed by atoms with Crippen LogP contribution in [0.3, 0.4) is 0 Å². The molecule has 5 aliphatic heterocycles. The van der Waals surface area contributed by atoms with E-state index in [-0.39, 0.29) is 5.82 Å². The molecule has 4 aromatic rings. The molecular formula is C67H91ClFN5O7S. The van der Waals surface area contributed by atoms with Crippen LogP contribution in [0.5, 0.6) is 17.2 Å². The van der Waals surface area contributed by atoms with Gasteiger partial charge in [0.15, 0.2) is 0 Å². The van der Waals surface area contributed by atoms with E-state index in [4.69, 9.17) is 35.4 Å². The fraction of sp³-hybridized carbons (Fsp3) is 0.597. The highest BCUT2D eigenvalue weighted by atomic mass is 35.5. The summed E-state index contributed by atoms with van der Waals surface area (Å²) in [7, 11) is 1.74. The summed E-state index contributed by atoms with van der Waals surface area (Å²) in [6, 6.07) is 27.0. The molecule has 0 amide bonds. The molecule has 4 aromatic carbocycles. The van der Waals surface area contributed by atoms with E-state index in [0.29, 0.717) is 60.2 Å². The summed E-state index contributed by atoms with van der Waals surface area (Å²) in [5.74, 6) is 5.88. The molecule has 15 heteroatoms. The lowest BCUT2D eigenvalue weighted by Gasteiger charge is -2.40. The smallest absolute Gasteiger partial charge is 0.243 e. The Labute approximate surface area is 494 Å². The predicted octanol–water partition coefficient (Wildman–Crippen LogP) is 13.7. The van der Waals surface area contributed by atoms with Gasteiger partial charge in [0.25, 0.3) is 0 Å². The zero-order valence-corrected chi connectivity index (χ0v) is 50.7. The fourth-order valence-electron chi connectivity index (χ4n) is 15.2. The van der Waals surface area contributed by atoms with Crippen molar-refractivity contribution in [1.82, 2.24) is 19.0 Å². The highest BCUT2D eigenvalue weighted by Crippen LogP contribution is 2.48. The summed E-state index contributed by atoms with van der Waals surface area (Å²) in [6.45, 7) is 14.1. The Balaban J connectivity index is 0.000000143. The van der Waals surface area contributed by atoms with Crippen molar-refractivity contribution >= 4 is 27.3 Å². The van der Waals surface area contributed by atoms with Gasteiger partial charge in [0, 0.05) is 55.5 Å². The second kappa shape index (κ2) is 29.0. The lowest BCUT2D eigenvalue weighted by Crippen LogP contribution is -2.43. The topological polar surface area (TPSA) is 106 Å². The van der Waals surface area contributed by atoms with Gasteiger partial charge >= 0.3 is 0 Å². The molecule has 0 radical (unpaired) electrons. The summed E-state index contributed by atoms with van der Waals surface area (Å²) in [5.41, 5.74) is 7.09. The van der Waals surface area contributed by atoms with Crippen molar-refractivity contribution in [2.45, 2.75) is 156 Å². The maximum absolute atomic E-state index is 13.3. The maximum atomic E-state index is 13.3. The number of methoxy groups -OCH3 is 3. The molecule has 3 atom stereocenters. The number of rotatable bonds is 15. The van der Waals surface area contributed by atoms with Crippen LogP contribution in [-0.4, -0.2) is 145 Å². The quantitative estimate of drug-likeness (QED) is 0.0649. The van der Waals surface area contributed by atoms with Crippen LogP contribution < -0.4 is 14.2 Å². The van der Waals surface area contributed by atoms with Crippen LogP contribution in [0.1, 0.15) is 150 Å². The average molecular weight is 1170 g/mol. The monoisotopic (exact) mass is 1160 g/mol. The molecule has 8 aliphatic rings. The Kier molecular flexibility index (Phi) is 21.4. The minimum atomic E-state index is -3.38. The third-order valence-corrected chi connectivity index (χ3v) is 21.9. The number of benzene rings is 4. The van der Waals surface area contributed by atoms with Crippen molar-refractivity contribution < 1.29 is 36.6 Å². The molecule has 446 valence electrons. The summed E-state index contributed by atoms with van der Waals surface area (Å²) in [5, 5.41) is 5.02. The fourth-order valence-corrected chi connectivity index (χ4v) is 16.8. The normalized spacial score (nSPS) is 24.7. The maximum Gasteiger partial charge on any atom is 0.243 e. The Morgan fingerprint density at radius 3 is 1.74 bits per heavy atom. The van der Waals surface area contributed by atoms with E-state index in [0.717, 1.165) is 155 Å². The van der Waals surface area contributed by atoms with Crippen molar-refractivity contribution in [2.75, 3.05) is 93.5 Å². The average Bonchev–Trinajstić information content (AvgIpc) is 4.51. The largest absolute Gasteiger partial charge is 0.496 e. The first-order valence-electron chi connectivity index (χ1n) is 31.1. The molecule has 5 heterocycles. The summed E-state index contributed by atoms with van der Waals surface area (Å²) >= 11 is 6.21. The number of halogens is 2. The molecule has 8 fully saturated rings. The number of oxime groups is 1. The first-order valence-corrected chi connectivity index (χ1v) is 32.9. The molecule has 3 unspecified atom stereocenters. The van der Waals surface area contributed by atoms with Crippen molar-refractivity contribution in [1.29, 1.82) is 0 Å². The number of sulfonamides is 1. The molecule has 12 nitrogen and oxygen atoms in total. The molecular weight excluding hydrogens is 1070 g/mol. The van der Waals surface area contributed by atoms with E-state index in [1.807, 2.05) is 30.3 Å². The zero-order chi connectivity index (χ0) is 57.0. The van der Waals surface area contributed by atoms with Gasteiger partial charge in [0.05, 0.1) is 31.9 Å². The van der Waals surface area contributed by atoms with Crippen LogP contribution >= 0.6 is 11.6 Å². The summed E-state index contributed by atoms with van der Waals surface area (Å²) < 4.78 is 62.8. The van der Waals surface area contributed by atoms with Crippen molar-refractivity contribution in [2.24, 2.45) is 17.0 Å². The third-order valence-electron chi connectivity index (χ3n) is 19.7. The van der Waals surface area contributed by atoms with Gasteiger partial charge in [-0.15, -0.1) is 0 Å². The van der Waals surface area contributed by atoms with Gasteiger partial charge in [-0.1, -0.05) is 60.1 Å². The molecule has 12 rings (SSSR count). The molecule has 3 saturated carbocycles. The van der Waals surface area contributed by atoms with Crippen LogP contribution in [0.2, 0.25) is 5.02 Å². The lowest BCUT2D eigenvalue weighted by atomic mass is 9.85. The Hall–Kier alpha value is -4.54. The van der Waals surface area contributed by atoms with E-state index in [1.54, 1.807) is 49.9 Å². The lowest BCUT2D eigenvalue weighted by molar-refractivity contribution is 0.0251. The minimum absolute atomic E-state index is 0.227. The van der Waals surface area contributed by atoms with Gasteiger partial charge in [-0.2, -0.15) is 4.31 Å². The highest BCUT2D eigenvalue weighted by Gasteiger charge is 2.43. The first kappa shape index (κ1) is 60.6. The first-order chi connectivity index (χ1) is 40.0. The molecule has 5 saturated heterocycles. The number of piperidine rings is 3. The van der Waals surface area contributed by atoms with Gasteiger partial charge in [0.2, 0.25) is 10.0 Å². The van der Waals surface area contributed by atoms with Crippen LogP contribution in [0, 0.1) is 17.7 Å². The molecule has 0 aromatic heterocycles. The number of hydrogen-bond donors (Lipinski definition) is 0. The van der Waals surface area contributed by atoms with Crippen LogP contribution in [0.15, 0.2) is 102 Å². The second-order valence-electron chi connectivity index (χ2n) is 24.4. The van der Waals surface area contributed by atoms with Gasteiger partial charge in [-0.05, 0) is 254 Å². The van der Waals surface area contributed by atoms with Gasteiger partial charge in [0.1, 0.15) is 29.7 Å². The van der Waals surface area contributed by atoms with Gasteiger partial charge in [-0.3, -0.25) is 0 Å². The van der Waals surface area contributed by atoms with Crippen LogP contribution in [0.25, 0.3) is 11.1 Å². The third kappa shape index (κ3) is 14.9. The minimum Gasteiger partial charge on any atom is -0.496 e. The SMILES string of the molecule is C=CCON=C1CCC(N2CCC(c3cc(Cl)ccc3OC)CC2)CC1.COc1cc(F)ccc1C1CCN(C2CCOCC2)CC1.COc1ccc(-c2ccc(S(=O)(=O)N3CCCC3)cc2)cc1C1CCN(C2CC3CCC2C3)CC1. The predicted molar refractivity (Wildman–Crippen MR) is 327 cm³/mol. The highest BCUT2D eigenvalue weighted by molar-refractivity contribution is 7.89. The molecule has 82 heavy (non-hydrogen) atoms. The molecule has 2 bridgehead atoms. The molecule has 0 N–H and O–H groups in total. The van der Waals surface area contributed by atoms with E-state index in [2.05, 4.69) is 50.7 Å². The van der Waals surface area contributed by atoms with E-state index < -0.39 is 10.0 Å². The van der Waals surface area contributed by atoms with Gasteiger partial charge < -0.3 is 38.5 Å². The van der Waals surface area contributed by atoms with Crippen molar-refractivity contribution in [3.63, 3.8) is 0 Å². The summed E-state index contributed by atoms with van der Waals surface area (Å²) in [4.78, 5) is 13.7. The Morgan fingerprint density at radius 2 is 1.17 bits per heavy atom. The standard InChI is InChI=1S/C29H38N2O3S.C21H29ClN2O2.C17H24FNO2/c1-34-29-11-8-24(22-6-9-26(10-7-22)35(32,33)31-14-2-3-15-31)20-27(29)23-12-16-30(17-13-23)28-19-21-4-5-25(28)18-21;1-3-14-26-23-18-5-7-19(8-6-18)24-12-10-16(11-13-24)20-15-17(22)4-9-21(20)25-2;1-20-17-12-14(18)2-3-16(17)13-4-8-19(9-5-13)15-6-10-21-11-7-15/h6-11,20-21,23,25,28H,2-5,12-19H2,1H3;3-4,9,15-16,19H,1,5-8,10-14H2,2H3;2-3,12-13,15H,4-11H2,1H3. The molecule has 3 aliphatic carbocycles. The Morgan fingerprint density at radius 1 is 0.610 bits per heavy atom. The zero-order valence-electron chi connectivity index (χ0n) is 49.2. The van der Waals surface area contributed by atoms with Crippen molar-refractivity contribution in [3.8, 4) is 28.4 Å².